The number of benzene rings is 3. The third kappa shape index (κ3) is 5.06. The van der Waals surface area contributed by atoms with Gasteiger partial charge in [0.1, 0.15) is 11.6 Å². The van der Waals surface area contributed by atoms with E-state index in [1.807, 2.05) is 0 Å². The van der Waals surface area contributed by atoms with Gasteiger partial charge in [0.2, 0.25) is 5.91 Å². The Morgan fingerprint density at radius 1 is 1.05 bits per heavy atom. The van der Waals surface area contributed by atoms with Gasteiger partial charge in [0.05, 0.1) is 22.5 Å². The van der Waals surface area contributed by atoms with Crippen molar-refractivity contribution in [2.24, 2.45) is 0 Å². The summed E-state index contributed by atoms with van der Waals surface area (Å²) in [6.45, 7) is 1.55. The lowest BCUT2D eigenvalue weighted by Crippen LogP contribution is -2.18. The molecule has 0 atom stereocenters. The number of sulfone groups is 1. The van der Waals surface area contributed by atoms with Gasteiger partial charge in [0.15, 0.2) is 15.7 Å². The minimum atomic E-state index is -3.35. The van der Waals surface area contributed by atoms with Gasteiger partial charge in [-0.25, -0.2) is 17.2 Å². The van der Waals surface area contributed by atoms with E-state index in [1.54, 1.807) is 31.2 Å². The minimum absolute atomic E-state index is 0.0303. The predicted octanol–water partition coefficient (Wildman–Crippen LogP) is 5.72. The molecule has 5 rings (SSSR count). The van der Waals surface area contributed by atoms with Crippen molar-refractivity contribution in [2.45, 2.75) is 36.5 Å². The van der Waals surface area contributed by atoms with Gasteiger partial charge < -0.3 is 9.84 Å². The first-order valence-corrected chi connectivity index (χ1v) is 13.9. The molecule has 1 aliphatic carbocycles. The summed E-state index contributed by atoms with van der Waals surface area (Å²) < 4.78 is 59.7. The van der Waals surface area contributed by atoms with E-state index >= 15 is 8.78 Å². The van der Waals surface area contributed by atoms with Crippen LogP contribution >= 0.6 is 11.6 Å². The van der Waals surface area contributed by atoms with Gasteiger partial charge >= 0.3 is 0 Å². The van der Waals surface area contributed by atoms with Gasteiger partial charge in [-0.05, 0) is 66.9 Å². The van der Waals surface area contributed by atoms with Gasteiger partial charge in [-0.3, -0.25) is 4.79 Å². The molecule has 0 radical (unpaired) electrons. The van der Waals surface area contributed by atoms with Crippen molar-refractivity contribution in [3.63, 3.8) is 0 Å². The summed E-state index contributed by atoms with van der Waals surface area (Å²) in [5.41, 5.74) is -0.0764. The summed E-state index contributed by atoms with van der Waals surface area (Å²) in [6.07, 6.45) is 0.781. The number of nitrogens with one attached hydrogen (secondary N) is 1. The number of halogens is 3. The molecule has 1 N–H and O–H groups in total. The fourth-order valence-corrected chi connectivity index (χ4v) is 5.32. The Morgan fingerprint density at radius 2 is 1.68 bits per heavy atom. The maximum absolute atomic E-state index is 15.2. The van der Waals surface area contributed by atoms with E-state index in [0.29, 0.717) is 29.0 Å². The number of carbonyl (C=O) groups excluding carboxylic acids is 1. The first-order valence-electron chi connectivity index (χ1n) is 11.8. The molecule has 0 bridgehead atoms. The monoisotopic (exact) mass is 557 g/mol. The first-order chi connectivity index (χ1) is 18.1. The van der Waals surface area contributed by atoms with E-state index in [0.717, 1.165) is 12.1 Å². The van der Waals surface area contributed by atoms with Crippen molar-refractivity contribution >= 4 is 33.0 Å². The Morgan fingerprint density at radius 3 is 2.26 bits per heavy atom. The number of anilines is 1. The summed E-state index contributed by atoms with van der Waals surface area (Å²) >= 11 is 5.92. The average Bonchev–Trinajstić information content (AvgIpc) is 3.51. The fourth-order valence-electron chi connectivity index (χ4n) is 4.31. The van der Waals surface area contributed by atoms with Crippen LogP contribution in [0.4, 0.5) is 14.5 Å². The lowest BCUT2D eigenvalue weighted by molar-refractivity contribution is -0.115. The van der Waals surface area contributed by atoms with Crippen molar-refractivity contribution in [2.75, 3.05) is 11.1 Å². The van der Waals surface area contributed by atoms with Crippen LogP contribution in [0.5, 0.6) is 0 Å². The van der Waals surface area contributed by atoms with Crippen LogP contribution in [-0.4, -0.2) is 30.2 Å². The van der Waals surface area contributed by atoms with Crippen molar-refractivity contribution in [1.29, 1.82) is 0 Å². The molecule has 1 saturated carbocycles. The van der Waals surface area contributed by atoms with Crippen molar-refractivity contribution in [3.05, 3.63) is 94.3 Å². The van der Waals surface area contributed by atoms with Crippen LogP contribution in [0.25, 0.3) is 11.5 Å². The van der Waals surface area contributed by atoms with Crippen LogP contribution in [0.15, 0.2) is 70.1 Å². The summed E-state index contributed by atoms with van der Waals surface area (Å²) in [6, 6.07) is 14.8. The molecule has 1 fully saturated rings. The van der Waals surface area contributed by atoms with Crippen molar-refractivity contribution in [3.8, 4) is 11.5 Å². The molecule has 3 aromatic carbocycles. The van der Waals surface area contributed by atoms with Gasteiger partial charge in [-0.2, -0.15) is 4.98 Å². The van der Waals surface area contributed by atoms with E-state index < -0.39 is 32.8 Å². The lowest BCUT2D eigenvalue weighted by Gasteiger charge is -2.15. The molecule has 196 valence electrons. The summed E-state index contributed by atoms with van der Waals surface area (Å²) in [5, 5.41) is 7.04. The second kappa shape index (κ2) is 9.92. The SMILES string of the molecule is CCS(=O)(=O)c1ccc(CC(=O)Nc2cc(F)c(C3(c4noc(-c5ccc(Cl)cc5)n4)CC3)c(F)c2)cc1. The number of rotatable bonds is 8. The number of carbonyl (C=O) groups is 1. The number of hydrogen-bond acceptors (Lipinski definition) is 6. The molecule has 0 spiro atoms. The molecule has 38 heavy (non-hydrogen) atoms. The van der Waals surface area contributed by atoms with E-state index in [1.165, 1.54) is 24.3 Å². The molecule has 0 unspecified atom stereocenters. The minimum Gasteiger partial charge on any atom is -0.334 e. The maximum Gasteiger partial charge on any atom is 0.257 e. The Bertz CT molecular complexity index is 1590. The van der Waals surface area contributed by atoms with Crippen molar-refractivity contribution < 1.29 is 26.5 Å². The second-order valence-electron chi connectivity index (χ2n) is 9.10. The zero-order chi connectivity index (χ0) is 27.1. The molecule has 1 heterocycles. The summed E-state index contributed by atoms with van der Waals surface area (Å²) in [7, 11) is -3.35. The Kier molecular flexibility index (Phi) is 6.79. The van der Waals surface area contributed by atoms with Crippen LogP contribution in [0.2, 0.25) is 5.02 Å². The highest BCUT2D eigenvalue weighted by Crippen LogP contribution is 2.54. The molecular formula is C27H22ClF2N3O4S. The van der Waals surface area contributed by atoms with E-state index in [2.05, 4.69) is 15.5 Å². The highest BCUT2D eigenvalue weighted by molar-refractivity contribution is 7.91. The molecule has 0 saturated heterocycles. The fraction of sp³-hybridized carbons (Fsp3) is 0.222. The topological polar surface area (TPSA) is 102 Å². The Balaban J connectivity index is 1.32. The summed E-state index contributed by atoms with van der Waals surface area (Å²) in [4.78, 5) is 17.1. The molecule has 1 aliphatic rings. The highest BCUT2D eigenvalue weighted by Gasteiger charge is 2.53. The number of aromatic nitrogens is 2. The largest absolute Gasteiger partial charge is 0.334 e. The highest BCUT2D eigenvalue weighted by atomic mass is 35.5. The molecular weight excluding hydrogens is 536 g/mol. The third-order valence-corrected chi connectivity index (χ3v) is 8.53. The van der Waals surface area contributed by atoms with Gasteiger partial charge in [-0.15, -0.1) is 0 Å². The smallest absolute Gasteiger partial charge is 0.257 e. The molecule has 1 aromatic heterocycles. The average molecular weight is 558 g/mol. The molecule has 1 amide bonds. The number of nitrogens with zero attached hydrogens (tertiary/aromatic N) is 2. The quantitative estimate of drug-likeness (QED) is 0.297. The van der Waals surface area contributed by atoms with Crippen LogP contribution < -0.4 is 5.32 Å². The lowest BCUT2D eigenvalue weighted by atomic mass is 9.93. The second-order valence-corrected chi connectivity index (χ2v) is 11.8. The van der Waals surface area contributed by atoms with Gasteiger partial charge in [-0.1, -0.05) is 35.8 Å². The summed E-state index contributed by atoms with van der Waals surface area (Å²) in [5.74, 6) is -1.79. The normalized spacial score (nSPS) is 14.3. The molecule has 11 heteroatoms. The Hall–Kier alpha value is -3.63. The van der Waals surface area contributed by atoms with Crippen LogP contribution in [-0.2, 0) is 26.5 Å². The van der Waals surface area contributed by atoms with Gasteiger partial charge in [0.25, 0.3) is 5.89 Å². The first kappa shape index (κ1) is 26.0. The van der Waals surface area contributed by atoms with E-state index in [4.69, 9.17) is 16.1 Å². The maximum atomic E-state index is 15.2. The third-order valence-electron chi connectivity index (χ3n) is 6.53. The van der Waals surface area contributed by atoms with Crippen LogP contribution in [0.1, 0.15) is 36.7 Å². The number of amides is 1. The molecule has 4 aromatic rings. The zero-order valence-electron chi connectivity index (χ0n) is 20.2. The molecule has 7 nitrogen and oxygen atoms in total. The number of hydrogen-bond donors (Lipinski definition) is 1. The van der Waals surface area contributed by atoms with E-state index in [9.17, 15) is 13.2 Å². The van der Waals surface area contributed by atoms with Crippen LogP contribution in [0, 0.1) is 11.6 Å². The van der Waals surface area contributed by atoms with E-state index in [-0.39, 0.29) is 40.0 Å². The molecule has 0 aliphatic heterocycles. The zero-order valence-corrected chi connectivity index (χ0v) is 21.7. The predicted molar refractivity (Wildman–Crippen MR) is 138 cm³/mol. The van der Waals surface area contributed by atoms with Crippen LogP contribution in [0.3, 0.4) is 0 Å². The van der Waals surface area contributed by atoms with Crippen molar-refractivity contribution in [1.82, 2.24) is 10.1 Å². The standard InChI is InChI=1S/C27H22ClF2N3O4S/c1-2-38(35,36)20-9-3-16(4-10-20)13-23(34)31-19-14-21(29)24(22(30)15-19)27(11-12-27)26-32-25(37-33-26)17-5-7-18(28)8-6-17/h3-10,14-15H,2,11-13H2,1H3,(H,31,34). The van der Waals surface area contributed by atoms with Gasteiger partial charge in [0, 0.05) is 21.8 Å². The Labute approximate surface area is 222 Å².